The molecule has 28 heavy (non-hydrogen) atoms. The van der Waals surface area contributed by atoms with Crippen molar-refractivity contribution in [3.8, 4) is 0 Å². The molecule has 2 aromatic rings. The number of benzene rings is 1. The molecule has 0 aliphatic carbocycles. The smallest absolute Gasteiger partial charge is 0.150 e. The maximum Gasteiger partial charge on any atom is 0.150 e. The van der Waals surface area contributed by atoms with Gasteiger partial charge in [0.05, 0.1) is 13.2 Å². The number of carbonyl (C=O) groups excluding carboxylic acids is 1. The zero-order valence-corrected chi connectivity index (χ0v) is 17.3. The van der Waals surface area contributed by atoms with E-state index >= 15 is 0 Å². The predicted molar refractivity (Wildman–Crippen MR) is 113 cm³/mol. The molecule has 4 nitrogen and oxygen atoms in total. The van der Waals surface area contributed by atoms with Crippen molar-refractivity contribution in [3.05, 3.63) is 76.2 Å². The van der Waals surface area contributed by atoms with Gasteiger partial charge in [0.15, 0.2) is 0 Å². The zero-order chi connectivity index (χ0) is 20.1. The van der Waals surface area contributed by atoms with E-state index < -0.39 is 0 Å². The third-order valence-electron chi connectivity index (χ3n) is 4.84. The van der Waals surface area contributed by atoms with Crippen molar-refractivity contribution in [3.63, 3.8) is 0 Å². The maximum atomic E-state index is 11.7. The number of hydrogen-bond donors (Lipinski definition) is 0. The SMILES string of the molecule is CC(C)(C)c1ccc(/C(=C\C(=C=O)N2CCOCC2)c2ccnc(Cl)c2)cc1. The van der Waals surface area contributed by atoms with E-state index in [2.05, 4.69) is 56.0 Å². The molecule has 0 bridgehead atoms. The Morgan fingerprint density at radius 1 is 1.14 bits per heavy atom. The number of rotatable bonds is 4. The molecule has 1 aromatic heterocycles. The minimum atomic E-state index is 0.0735. The van der Waals surface area contributed by atoms with E-state index in [1.165, 1.54) is 5.56 Å². The summed E-state index contributed by atoms with van der Waals surface area (Å²) in [5.41, 5.74) is 4.67. The van der Waals surface area contributed by atoms with E-state index in [-0.39, 0.29) is 5.41 Å². The molecule has 1 saturated heterocycles. The number of nitrogens with zero attached hydrogens (tertiary/aromatic N) is 2. The van der Waals surface area contributed by atoms with Crippen LogP contribution in [-0.4, -0.2) is 42.1 Å². The highest BCUT2D eigenvalue weighted by molar-refractivity contribution is 6.29. The Kier molecular flexibility index (Phi) is 6.35. The van der Waals surface area contributed by atoms with Crippen LogP contribution >= 0.6 is 11.6 Å². The van der Waals surface area contributed by atoms with Gasteiger partial charge in [-0.05, 0) is 45.9 Å². The highest BCUT2D eigenvalue weighted by atomic mass is 35.5. The molecular formula is C23H25ClN2O2. The fourth-order valence-electron chi connectivity index (χ4n) is 3.18. The molecule has 0 amide bonds. The average Bonchev–Trinajstić information content (AvgIpc) is 2.69. The largest absolute Gasteiger partial charge is 0.378 e. The topological polar surface area (TPSA) is 42.4 Å². The molecule has 2 heterocycles. The van der Waals surface area contributed by atoms with Gasteiger partial charge >= 0.3 is 0 Å². The van der Waals surface area contributed by atoms with Crippen molar-refractivity contribution < 1.29 is 9.53 Å². The monoisotopic (exact) mass is 396 g/mol. The summed E-state index contributed by atoms with van der Waals surface area (Å²) >= 11 is 6.13. The van der Waals surface area contributed by atoms with Crippen molar-refractivity contribution in [1.82, 2.24) is 9.88 Å². The Labute approximate surface area is 171 Å². The molecule has 5 heteroatoms. The van der Waals surface area contributed by atoms with E-state index in [9.17, 15) is 4.79 Å². The molecule has 0 radical (unpaired) electrons. The van der Waals surface area contributed by atoms with Crippen LogP contribution in [0, 0.1) is 0 Å². The normalized spacial score (nSPS) is 15.3. The Bertz CT molecular complexity index is 901. The second-order valence-corrected chi connectivity index (χ2v) is 8.23. The second kappa shape index (κ2) is 8.74. The van der Waals surface area contributed by atoms with Crippen LogP contribution < -0.4 is 0 Å². The van der Waals surface area contributed by atoms with Crippen LogP contribution in [0.3, 0.4) is 0 Å². The molecular weight excluding hydrogens is 372 g/mol. The van der Waals surface area contributed by atoms with E-state index in [1.54, 1.807) is 6.20 Å². The highest BCUT2D eigenvalue weighted by Crippen LogP contribution is 2.29. The Morgan fingerprint density at radius 2 is 1.82 bits per heavy atom. The van der Waals surface area contributed by atoms with Gasteiger partial charge in [0.1, 0.15) is 16.8 Å². The quantitative estimate of drug-likeness (QED) is 0.433. The first-order chi connectivity index (χ1) is 13.4. The van der Waals surface area contributed by atoms with Gasteiger partial charge in [0.2, 0.25) is 0 Å². The fourth-order valence-corrected chi connectivity index (χ4v) is 3.35. The summed E-state index contributed by atoms with van der Waals surface area (Å²) in [6.07, 6.45) is 3.56. The van der Waals surface area contributed by atoms with E-state index in [4.69, 9.17) is 16.3 Å². The fraction of sp³-hybridized carbons (Fsp3) is 0.348. The van der Waals surface area contributed by atoms with Crippen molar-refractivity contribution >= 4 is 23.1 Å². The highest BCUT2D eigenvalue weighted by Gasteiger charge is 2.17. The van der Waals surface area contributed by atoms with Crippen LogP contribution in [0.2, 0.25) is 5.15 Å². The van der Waals surface area contributed by atoms with Crippen LogP contribution in [0.15, 0.2) is 54.4 Å². The maximum absolute atomic E-state index is 11.7. The van der Waals surface area contributed by atoms with Crippen LogP contribution in [0.5, 0.6) is 0 Å². The van der Waals surface area contributed by atoms with E-state index in [0.717, 1.165) is 16.7 Å². The van der Waals surface area contributed by atoms with E-state index in [0.29, 0.717) is 37.2 Å². The van der Waals surface area contributed by atoms with Gasteiger partial charge in [0.25, 0.3) is 0 Å². The van der Waals surface area contributed by atoms with Gasteiger partial charge in [-0.25, -0.2) is 9.78 Å². The van der Waals surface area contributed by atoms with Gasteiger partial charge in [-0.1, -0.05) is 56.6 Å². The van der Waals surface area contributed by atoms with Crippen molar-refractivity contribution in [1.29, 1.82) is 0 Å². The van der Waals surface area contributed by atoms with Crippen LogP contribution in [0.1, 0.15) is 37.5 Å². The zero-order valence-electron chi connectivity index (χ0n) is 16.5. The Morgan fingerprint density at radius 3 is 2.39 bits per heavy atom. The first-order valence-corrected chi connectivity index (χ1v) is 9.78. The molecule has 0 spiro atoms. The van der Waals surface area contributed by atoms with Crippen molar-refractivity contribution in [2.24, 2.45) is 0 Å². The molecule has 3 rings (SSSR count). The summed E-state index contributed by atoms with van der Waals surface area (Å²) in [7, 11) is 0. The summed E-state index contributed by atoms with van der Waals surface area (Å²) in [5.74, 6) is 2.10. The first-order valence-electron chi connectivity index (χ1n) is 9.41. The van der Waals surface area contributed by atoms with Gasteiger partial charge in [-0.3, -0.25) is 0 Å². The van der Waals surface area contributed by atoms with Crippen LogP contribution in [-0.2, 0) is 14.9 Å². The molecule has 1 aromatic carbocycles. The Balaban J connectivity index is 2.06. The summed E-state index contributed by atoms with van der Waals surface area (Å²) in [6, 6.07) is 12.1. The van der Waals surface area contributed by atoms with Gasteiger partial charge in [-0.2, -0.15) is 0 Å². The minimum Gasteiger partial charge on any atom is -0.378 e. The first kappa shape index (κ1) is 20.3. The minimum absolute atomic E-state index is 0.0735. The van der Waals surface area contributed by atoms with Crippen molar-refractivity contribution in [2.75, 3.05) is 26.3 Å². The standard InChI is InChI=1S/C23H25ClN2O2/c1-23(2,3)19-6-4-17(5-7-19)21(18-8-9-25-22(24)14-18)15-20(16-27)26-10-12-28-13-11-26/h4-9,14-15H,10-13H2,1-3H3/b21-15+. The lowest BCUT2D eigenvalue weighted by Crippen LogP contribution is -2.35. The lowest BCUT2D eigenvalue weighted by atomic mass is 9.85. The van der Waals surface area contributed by atoms with E-state index in [1.807, 2.05) is 23.1 Å². The van der Waals surface area contributed by atoms with Crippen LogP contribution in [0.25, 0.3) is 5.57 Å². The summed E-state index contributed by atoms with van der Waals surface area (Å²) < 4.78 is 5.40. The molecule has 0 atom stereocenters. The molecule has 0 saturated carbocycles. The number of morpholine rings is 1. The molecule has 0 N–H and O–H groups in total. The van der Waals surface area contributed by atoms with Gasteiger partial charge in [-0.15, -0.1) is 0 Å². The summed E-state index contributed by atoms with van der Waals surface area (Å²) in [6.45, 7) is 9.13. The lowest BCUT2D eigenvalue weighted by molar-refractivity contribution is 0.0560. The third-order valence-corrected chi connectivity index (χ3v) is 5.04. The summed E-state index contributed by atoms with van der Waals surface area (Å²) in [5, 5.41) is 0.415. The third kappa shape index (κ3) is 4.90. The number of hydrogen-bond acceptors (Lipinski definition) is 4. The van der Waals surface area contributed by atoms with Crippen molar-refractivity contribution in [2.45, 2.75) is 26.2 Å². The molecule has 0 unspecified atom stereocenters. The summed E-state index contributed by atoms with van der Waals surface area (Å²) in [4.78, 5) is 17.8. The van der Waals surface area contributed by atoms with Gasteiger partial charge in [0, 0.05) is 19.3 Å². The second-order valence-electron chi connectivity index (χ2n) is 7.84. The average molecular weight is 397 g/mol. The lowest BCUT2D eigenvalue weighted by Gasteiger charge is -2.28. The molecule has 1 aliphatic heterocycles. The van der Waals surface area contributed by atoms with Crippen LogP contribution in [0.4, 0.5) is 0 Å². The molecule has 146 valence electrons. The number of pyridine rings is 1. The number of aromatic nitrogens is 1. The molecule has 1 aliphatic rings. The predicted octanol–water partition coefficient (Wildman–Crippen LogP) is 4.51. The Hall–Kier alpha value is -2.39. The molecule has 1 fully saturated rings. The van der Waals surface area contributed by atoms with Gasteiger partial charge < -0.3 is 9.64 Å². The number of ether oxygens (including phenoxy) is 1. The number of allylic oxidation sites excluding steroid dienone is 1. The number of halogens is 1.